The Labute approximate surface area is 97.8 Å². The Balaban J connectivity index is 3.86. The molecule has 0 fully saturated rings. The lowest BCUT2D eigenvalue weighted by atomic mass is 10.5. The molecule has 0 aromatic carbocycles. The maximum atomic E-state index is 11.6. The van der Waals surface area contributed by atoms with Crippen LogP contribution < -0.4 is 4.72 Å². The van der Waals surface area contributed by atoms with Crippen LogP contribution in [0.4, 0.5) is 0 Å². The van der Waals surface area contributed by atoms with Crippen molar-refractivity contribution < 1.29 is 18.3 Å². The van der Waals surface area contributed by atoms with Gasteiger partial charge in [0, 0.05) is 26.7 Å². The van der Waals surface area contributed by atoms with Crippen molar-refractivity contribution in [2.45, 2.75) is 26.4 Å². The van der Waals surface area contributed by atoms with Gasteiger partial charge < -0.3 is 9.84 Å². The Bertz CT molecular complexity index is 267. The maximum Gasteiger partial charge on any atom is 0.279 e. The van der Waals surface area contributed by atoms with Crippen LogP contribution in [0, 0.1) is 0 Å². The van der Waals surface area contributed by atoms with E-state index in [1.165, 1.54) is 11.4 Å². The highest BCUT2D eigenvalue weighted by Gasteiger charge is 2.15. The minimum absolute atomic E-state index is 0.0175. The highest BCUT2D eigenvalue weighted by atomic mass is 32.2. The second-order valence-electron chi connectivity index (χ2n) is 3.72. The van der Waals surface area contributed by atoms with Crippen molar-refractivity contribution in [2.75, 3.05) is 33.4 Å². The summed E-state index contributed by atoms with van der Waals surface area (Å²) in [4.78, 5) is 0. The fourth-order valence-electron chi connectivity index (χ4n) is 0.989. The van der Waals surface area contributed by atoms with Crippen LogP contribution in [0.2, 0.25) is 0 Å². The third-order valence-electron chi connectivity index (χ3n) is 1.88. The minimum Gasteiger partial charge on any atom is -0.396 e. The average Bonchev–Trinajstić information content (AvgIpc) is 2.20. The van der Waals surface area contributed by atoms with Gasteiger partial charge in [0.15, 0.2) is 0 Å². The lowest BCUT2D eigenvalue weighted by Crippen LogP contribution is -2.40. The summed E-state index contributed by atoms with van der Waals surface area (Å²) in [5, 5.41) is 8.59. The molecule has 0 aromatic heterocycles. The second-order valence-corrected chi connectivity index (χ2v) is 5.58. The molecule has 0 aliphatic rings. The smallest absolute Gasteiger partial charge is 0.279 e. The van der Waals surface area contributed by atoms with E-state index in [0.29, 0.717) is 19.6 Å². The summed E-state index contributed by atoms with van der Waals surface area (Å²) in [7, 11) is -1.96. The summed E-state index contributed by atoms with van der Waals surface area (Å²) >= 11 is 0. The molecule has 0 spiro atoms. The monoisotopic (exact) mass is 254 g/mol. The van der Waals surface area contributed by atoms with Gasteiger partial charge in [0.2, 0.25) is 0 Å². The Kier molecular flexibility index (Phi) is 7.86. The minimum atomic E-state index is -3.44. The number of hydrogen-bond donors (Lipinski definition) is 2. The molecule has 98 valence electrons. The molecule has 0 aliphatic heterocycles. The van der Waals surface area contributed by atoms with E-state index < -0.39 is 10.2 Å². The molecule has 0 aliphatic carbocycles. The summed E-state index contributed by atoms with van der Waals surface area (Å²) in [5.41, 5.74) is 0. The molecule has 16 heavy (non-hydrogen) atoms. The number of aliphatic hydroxyl groups excluding tert-OH is 1. The highest BCUT2D eigenvalue weighted by Crippen LogP contribution is 1.95. The number of aliphatic hydroxyl groups is 1. The summed E-state index contributed by atoms with van der Waals surface area (Å²) < 4.78 is 31.9. The zero-order valence-corrected chi connectivity index (χ0v) is 11.0. The Morgan fingerprint density at radius 1 is 1.44 bits per heavy atom. The van der Waals surface area contributed by atoms with Crippen LogP contribution >= 0.6 is 0 Å². The van der Waals surface area contributed by atoms with Gasteiger partial charge in [0.05, 0.1) is 12.7 Å². The van der Waals surface area contributed by atoms with Crippen LogP contribution in [-0.4, -0.2) is 57.3 Å². The molecule has 0 atom stereocenters. The largest absolute Gasteiger partial charge is 0.396 e. The normalized spacial score (nSPS) is 12.6. The van der Waals surface area contributed by atoms with Gasteiger partial charge in [0.1, 0.15) is 0 Å². The van der Waals surface area contributed by atoms with E-state index in [0.717, 1.165) is 0 Å². The van der Waals surface area contributed by atoms with Gasteiger partial charge in [-0.3, -0.25) is 0 Å². The topological polar surface area (TPSA) is 78.9 Å². The first-order valence-electron chi connectivity index (χ1n) is 5.33. The lowest BCUT2D eigenvalue weighted by Gasteiger charge is -2.17. The number of hydrogen-bond acceptors (Lipinski definition) is 4. The molecule has 6 nitrogen and oxygen atoms in total. The second kappa shape index (κ2) is 7.97. The molecule has 0 saturated heterocycles. The standard InChI is InChI=1S/C9H22N2O4S/c1-9(2)15-8-5-10-16(13,14)11(3)6-4-7-12/h9-10,12H,4-8H2,1-3H3. The van der Waals surface area contributed by atoms with Crippen molar-refractivity contribution >= 4 is 10.2 Å². The molecule has 0 rings (SSSR count). The van der Waals surface area contributed by atoms with Crippen LogP contribution in [0.15, 0.2) is 0 Å². The maximum absolute atomic E-state index is 11.6. The third kappa shape index (κ3) is 7.13. The van der Waals surface area contributed by atoms with E-state index in [1.54, 1.807) is 0 Å². The van der Waals surface area contributed by atoms with E-state index in [2.05, 4.69) is 4.72 Å². The van der Waals surface area contributed by atoms with Crippen LogP contribution in [0.5, 0.6) is 0 Å². The Morgan fingerprint density at radius 3 is 2.56 bits per heavy atom. The molecule has 0 radical (unpaired) electrons. The van der Waals surface area contributed by atoms with Gasteiger partial charge in [-0.15, -0.1) is 0 Å². The quantitative estimate of drug-likeness (QED) is 0.547. The number of nitrogens with zero attached hydrogens (tertiary/aromatic N) is 1. The van der Waals surface area contributed by atoms with Gasteiger partial charge in [0.25, 0.3) is 10.2 Å². The van der Waals surface area contributed by atoms with Gasteiger partial charge in [-0.25, -0.2) is 0 Å². The molecule has 0 unspecified atom stereocenters. The van der Waals surface area contributed by atoms with Gasteiger partial charge in [-0.1, -0.05) is 0 Å². The molecule has 7 heteroatoms. The summed E-state index contributed by atoms with van der Waals surface area (Å²) in [5.74, 6) is 0. The average molecular weight is 254 g/mol. The van der Waals surface area contributed by atoms with Crippen molar-refractivity contribution in [1.29, 1.82) is 0 Å². The molecular weight excluding hydrogens is 232 g/mol. The van der Waals surface area contributed by atoms with Gasteiger partial charge in [-0.2, -0.15) is 17.4 Å². The van der Waals surface area contributed by atoms with E-state index in [1.807, 2.05) is 13.8 Å². The zero-order valence-electron chi connectivity index (χ0n) is 10.1. The third-order valence-corrected chi connectivity index (χ3v) is 3.45. The first-order valence-corrected chi connectivity index (χ1v) is 6.77. The van der Waals surface area contributed by atoms with E-state index >= 15 is 0 Å². The van der Waals surface area contributed by atoms with Crippen molar-refractivity contribution in [3.05, 3.63) is 0 Å². The number of rotatable bonds is 9. The lowest BCUT2D eigenvalue weighted by molar-refractivity contribution is 0.0832. The van der Waals surface area contributed by atoms with E-state index in [4.69, 9.17) is 9.84 Å². The molecule has 0 heterocycles. The number of nitrogens with one attached hydrogen (secondary N) is 1. The van der Waals surface area contributed by atoms with Crippen molar-refractivity contribution in [3.63, 3.8) is 0 Å². The van der Waals surface area contributed by atoms with E-state index in [9.17, 15) is 8.42 Å². The SMILES string of the molecule is CC(C)OCCNS(=O)(=O)N(C)CCCO. The van der Waals surface area contributed by atoms with Crippen LogP contribution in [0.1, 0.15) is 20.3 Å². The van der Waals surface area contributed by atoms with Gasteiger partial charge >= 0.3 is 0 Å². The van der Waals surface area contributed by atoms with Crippen LogP contribution in [0.3, 0.4) is 0 Å². The van der Waals surface area contributed by atoms with Crippen LogP contribution in [-0.2, 0) is 14.9 Å². The molecule has 0 amide bonds. The molecular formula is C9H22N2O4S. The summed E-state index contributed by atoms with van der Waals surface area (Å²) in [6.07, 6.45) is 0.525. The van der Waals surface area contributed by atoms with E-state index in [-0.39, 0.29) is 19.3 Å². The summed E-state index contributed by atoms with van der Waals surface area (Å²) in [6, 6.07) is 0. The Morgan fingerprint density at radius 2 is 2.06 bits per heavy atom. The first-order chi connectivity index (χ1) is 7.40. The molecule has 0 aromatic rings. The Hall–Kier alpha value is -0.210. The fourth-order valence-corrected chi connectivity index (χ4v) is 1.92. The van der Waals surface area contributed by atoms with Gasteiger partial charge in [-0.05, 0) is 20.3 Å². The molecule has 0 saturated carbocycles. The molecule has 2 N–H and O–H groups in total. The highest BCUT2D eigenvalue weighted by molar-refractivity contribution is 7.87. The van der Waals surface area contributed by atoms with Crippen molar-refractivity contribution in [2.24, 2.45) is 0 Å². The zero-order chi connectivity index (χ0) is 12.6. The van der Waals surface area contributed by atoms with Crippen LogP contribution in [0.25, 0.3) is 0 Å². The predicted molar refractivity (Wildman–Crippen MR) is 62.3 cm³/mol. The number of ether oxygens (including phenoxy) is 1. The fraction of sp³-hybridized carbons (Fsp3) is 1.00. The molecule has 0 bridgehead atoms. The first kappa shape index (κ1) is 15.8. The van der Waals surface area contributed by atoms with Crippen molar-refractivity contribution in [3.8, 4) is 0 Å². The predicted octanol–water partition coefficient (Wildman–Crippen LogP) is -0.440. The summed E-state index contributed by atoms with van der Waals surface area (Å²) in [6.45, 7) is 4.67. The van der Waals surface area contributed by atoms with Crippen molar-refractivity contribution in [1.82, 2.24) is 9.03 Å².